The largest absolute Gasteiger partial charge is 0.536 e. The van der Waals surface area contributed by atoms with E-state index < -0.39 is 8.32 Å². The Labute approximate surface area is 78.4 Å². The third kappa shape index (κ3) is 3.96. The highest BCUT2D eigenvalue weighted by Crippen LogP contribution is 2.12. The second-order valence-corrected chi connectivity index (χ2v) is 7.68. The molecule has 0 rings (SSSR count). The van der Waals surface area contributed by atoms with Crippen LogP contribution in [0, 0.1) is 34.0 Å². The fraction of sp³-hybridized carbons (Fsp3) is 0.375. The normalized spacial score (nSPS) is 8.92. The zero-order chi connectivity index (χ0) is 10.5. The molecule has 0 aliphatic rings. The van der Waals surface area contributed by atoms with Gasteiger partial charge in [-0.3, -0.25) is 0 Å². The molecule has 0 aromatic rings. The first-order valence-electron chi connectivity index (χ1n) is 3.58. The van der Waals surface area contributed by atoms with Gasteiger partial charge >= 0.3 is 0 Å². The Kier molecular flexibility index (Phi) is 3.71. The van der Waals surface area contributed by atoms with Crippen molar-refractivity contribution in [3.05, 3.63) is 11.3 Å². The lowest BCUT2D eigenvalue weighted by Crippen LogP contribution is -2.25. The molecule has 0 aliphatic carbocycles. The predicted octanol–water partition coefficient (Wildman–Crippen LogP) is 1.66. The van der Waals surface area contributed by atoms with Crippen molar-refractivity contribution in [2.45, 2.75) is 19.6 Å². The molecule has 13 heavy (non-hydrogen) atoms. The van der Waals surface area contributed by atoms with Crippen LogP contribution in [0.5, 0.6) is 0 Å². The molecule has 0 aliphatic heterocycles. The van der Waals surface area contributed by atoms with Crippen molar-refractivity contribution in [1.82, 2.24) is 0 Å². The van der Waals surface area contributed by atoms with Gasteiger partial charge in [0.2, 0.25) is 14.1 Å². The SMILES string of the molecule is C[Si](C)(C)OC(C#N)=C(C#N)C#N. The lowest BCUT2D eigenvalue weighted by Gasteiger charge is -2.17. The first-order chi connectivity index (χ1) is 5.94. The Morgan fingerprint density at radius 1 is 1.00 bits per heavy atom. The molecule has 5 heteroatoms. The van der Waals surface area contributed by atoms with E-state index in [2.05, 4.69) is 0 Å². The van der Waals surface area contributed by atoms with E-state index in [1.165, 1.54) is 0 Å². The molecule has 0 aromatic heterocycles. The number of nitriles is 3. The number of rotatable bonds is 2. The molecule has 0 fully saturated rings. The van der Waals surface area contributed by atoms with Crippen LogP contribution in [0.4, 0.5) is 0 Å². The molecule has 0 saturated heterocycles. The molecule has 0 N–H and O–H groups in total. The minimum absolute atomic E-state index is 0.163. The highest BCUT2D eigenvalue weighted by atomic mass is 28.4. The summed E-state index contributed by atoms with van der Waals surface area (Å²) < 4.78 is 5.24. The minimum atomic E-state index is -1.92. The Bertz CT molecular complexity index is 330. The minimum Gasteiger partial charge on any atom is -0.536 e. The van der Waals surface area contributed by atoms with Gasteiger partial charge in [0.05, 0.1) is 0 Å². The Morgan fingerprint density at radius 2 is 1.46 bits per heavy atom. The van der Waals surface area contributed by atoms with Crippen LogP contribution in [0.3, 0.4) is 0 Å². The summed E-state index contributed by atoms with van der Waals surface area (Å²) in [7, 11) is -1.92. The van der Waals surface area contributed by atoms with Crippen molar-refractivity contribution < 1.29 is 4.43 Å². The Balaban J connectivity index is 4.99. The van der Waals surface area contributed by atoms with Crippen molar-refractivity contribution >= 4 is 8.32 Å². The van der Waals surface area contributed by atoms with Gasteiger partial charge in [-0.05, 0) is 19.6 Å². The molecule has 0 amide bonds. The van der Waals surface area contributed by atoms with E-state index >= 15 is 0 Å². The van der Waals surface area contributed by atoms with Crippen LogP contribution < -0.4 is 0 Å². The highest BCUT2D eigenvalue weighted by molar-refractivity contribution is 6.70. The van der Waals surface area contributed by atoms with Crippen LogP contribution in [-0.4, -0.2) is 8.32 Å². The van der Waals surface area contributed by atoms with Crippen molar-refractivity contribution in [2.24, 2.45) is 0 Å². The monoisotopic (exact) mass is 191 g/mol. The van der Waals surface area contributed by atoms with Crippen LogP contribution in [-0.2, 0) is 4.43 Å². The van der Waals surface area contributed by atoms with Gasteiger partial charge in [-0.2, -0.15) is 15.8 Å². The fourth-order valence-corrected chi connectivity index (χ4v) is 1.32. The van der Waals surface area contributed by atoms with Crippen LogP contribution in [0.25, 0.3) is 0 Å². The summed E-state index contributed by atoms with van der Waals surface area (Å²) in [5.74, 6) is -0.163. The van der Waals surface area contributed by atoms with E-state index in [4.69, 9.17) is 20.2 Å². The van der Waals surface area contributed by atoms with E-state index in [1.807, 2.05) is 19.6 Å². The first-order valence-corrected chi connectivity index (χ1v) is 6.99. The zero-order valence-corrected chi connectivity index (χ0v) is 8.75. The molecule has 4 nitrogen and oxygen atoms in total. The fourth-order valence-electron chi connectivity index (χ4n) is 0.562. The highest BCUT2D eigenvalue weighted by Gasteiger charge is 2.20. The molecular formula is C8H9N3OSi. The summed E-state index contributed by atoms with van der Waals surface area (Å²) in [6, 6.07) is 4.94. The third-order valence-electron chi connectivity index (χ3n) is 0.960. The summed E-state index contributed by atoms with van der Waals surface area (Å²) in [6.45, 7) is 5.62. The standard InChI is InChI=1S/C8H9N3OSi/c1-13(2,3)12-8(6-11)7(4-9)5-10/h1-3H3. The Hall–Kier alpha value is -1.77. The lowest BCUT2D eigenvalue weighted by molar-refractivity contribution is 0.443. The maximum Gasteiger partial charge on any atom is 0.243 e. The first kappa shape index (κ1) is 11.2. The average Bonchev–Trinajstić information content (AvgIpc) is 2.02. The summed E-state index contributed by atoms with van der Waals surface area (Å²) >= 11 is 0. The van der Waals surface area contributed by atoms with Gasteiger partial charge in [-0.25, -0.2) is 0 Å². The second kappa shape index (κ2) is 4.30. The number of allylic oxidation sites excluding steroid dienone is 2. The maximum absolute atomic E-state index is 8.61. The molecule has 0 spiro atoms. The van der Waals surface area contributed by atoms with Crippen LogP contribution >= 0.6 is 0 Å². The number of hydrogen-bond acceptors (Lipinski definition) is 4. The van der Waals surface area contributed by atoms with Crippen LogP contribution in [0.1, 0.15) is 0 Å². The van der Waals surface area contributed by atoms with Crippen molar-refractivity contribution in [3.63, 3.8) is 0 Å². The smallest absolute Gasteiger partial charge is 0.243 e. The van der Waals surface area contributed by atoms with Gasteiger partial charge in [0.1, 0.15) is 18.2 Å². The molecule has 0 aromatic carbocycles. The van der Waals surface area contributed by atoms with Gasteiger partial charge in [0, 0.05) is 0 Å². The summed E-state index contributed by atoms with van der Waals surface area (Å²) in [6.07, 6.45) is 0. The zero-order valence-electron chi connectivity index (χ0n) is 7.75. The van der Waals surface area contributed by atoms with Crippen molar-refractivity contribution in [2.75, 3.05) is 0 Å². The molecule has 0 atom stereocenters. The molecule has 0 unspecified atom stereocenters. The molecule has 0 radical (unpaired) electrons. The molecular weight excluding hydrogens is 182 g/mol. The lowest BCUT2D eigenvalue weighted by atomic mass is 10.3. The quantitative estimate of drug-likeness (QED) is 0.377. The number of nitrogens with zero attached hydrogens (tertiary/aromatic N) is 3. The van der Waals surface area contributed by atoms with Crippen LogP contribution in [0.15, 0.2) is 11.3 Å². The van der Waals surface area contributed by atoms with Gasteiger partial charge in [0.15, 0.2) is 5.57 Å². The van der Waals surface area contributed by atoms with E-state index in [9.17, 15) is 0 Å². The van der Waals surface area contributed by atoms with Gasteiger partial charge in [0.25, 0.3) is 0 Å². The summed E-state index contributed by atoms with van der Waals surface area (Å²) in [5.41, 5.74) is -0.259. The third-order valence-corrected chi connectivity index (χ3v) is 1.78. The van der Waals surface area contributed by atoms with Gasteiger partial charge in [-0.15, -0.1) is 0 Å². The average molecular weight is 191 g/mol. The summed E-state index contributed by atoms with van der Waals surface area (Å²) in [5, 5.41) is 25.6. The van der Waals surface area contributed by atoms with E-state index in [1.54, 1.807) is 18.2 Å². The van der Waals surface area contributed by atoms with Crippen molar-refractivity contribution in [3.8, 4) is 18.2 Å². The molecule has 0 bridgehead atoms. The maximum atomic E-state index is 8.61. The van der Waals surface area contributed by atoms with E-state index in [0.29, 0.717) is 0 Å². The molecule has 0 heterocycles. The van der Waals surface area contributed by atoms with Crippen LogP contribution in [0.2, 0.25) is 19.6 Å². The Morgan fingerprint density at radius 3 is 1.69 bits per heavy atom. The molecule has 0 saturated carbocycles. The van der Waals surface area contributed by atoms with E-state index in [-0.39, 0.29) is 11.3 Å². The topological polar surface area (TPSA) is 80.6 Å². The van der Waals surface area contributed by atoms with Crippen molar-refractivity contribution in [1.29, 1.82) is 15.8 Å². The number of hydrogen-bond donors (Lipinski definition) is 0. The van der Waals surface area contributed by atoms with Gasteiger partial charge < -0.3 is 4.43 Å². The van der Waals surface area contributed by atoms with E-state index in [0.717, 1.165) is 0 Å². The molecule has 66 valence electrons. The predicted molar refractivity (Wildman–Crippen MR) is 48.3 cm³/mol. The van der Waals surface area contributed by atoms with Gasteiger partial charge in [-0.1, -0.05) is 0 Å². The summed E-state index contributed by atoms with van der Waals surface area (Å²) in [4.78, 5) is 0. The second-order valence-electron chi connectivity index (χ2n) is 3.25.